The minimum absolute atomic E-state index is 0.197. The van der Waals surface area contributed by atoms with Crippen LogP contribution in [0.1, 0.15) is 38.0 Å². The van der Waals surface area contributed by atoms with Crippen molar-refractivity contribution in [2.45, 2.75) is 39.7 Å². The highest BCUT2D eigenvalue weighted by atomic mass is 79.9. The second kappa shape index (κ2) is 6.06. The van der Waals surface area contributed by atoms with Gasteiger partial charge in [-0.1, -0.05) is 60.1 Å². The van der Waals surface area contributed by atoms with Gasteiger partial charge in [0, 0.05) is 10.9 Å². The van der Waals surface area contributed by atoms with Crippen LogP contribution in [0.3, 0.4) is 0 Å². The number of nitrogens with zero attached hydrogens (tertiary/aromatic N) is 2. The zero-order valence-electron chi connectivity index (χ0n) is 11.9. The van der Waals surface area contributed by atoms with Gasteiger partial charge in [0.05, 0.1) is 12.5 Å². The normalized spacial score (nSPS) is 13.4. The van der Waals surface area contributed by atoms with E-state index in [0.29, 0.717) is 24.6 Å². The van der Waals surface area contributed by atoms with E-state index < -0.39 is 6.10 Å². The fourth-order valence-corrected chi connectivity index (χ4v) is 2.15. The quantitative estimate of drug-likeness (QED) is 0.928. The predicted molar refractivity (Wildman–Crippen MR) is 80.4 cm³/mol. The number of hydrogen-bond donors (Lipinski definition) is 1. The summed E-state index contributed by atoms with van der Waals surface area (Å²) in [6, 6.07) is 7.95. The van der Waals surface area contributed by atoms with Crippen LogP contribution in [0.4, 0.5) is 0 Å². The first kappa shape index (κ1) is 15.2. The first-order valence-electron chi connectivity index (χ1n) is 6.59. The van der Waals surface area contributed by atoms with Crippen molar-refractivity contribution in [3.63, 3.8) is 0 Å². The first-order chi connectivity index (χ1) is 9.36. The lowest BCUT2D eigenvalue weighted by molar-refractivity contribution is 0.0565. The van der Waals surface area contributed by atoms with Crippen molar-refractivity contribution in [3.8, 4) is 0 Å². The molecule has 1 aromatic heterocycles. The molecule has 1 atom stereocenters. The molecular formula is C15H19BrN2O2. The number of rotatable bonds is 4. The Morgan fingerprint density at radius 3 is 2.65 bits per heavy atom. The standard InChI is InChI=1S/C15H19BrN2O2/c1-15(2,3)12(19)9-14-17-13(18-20-14)8-10-6-4-5-7-11(10)16/h4-7,12,19H,8-9H2,1-3H3. The highest BCUT2D eigenvalue weighted by Crippen LogP contribution is 2.22. The Balaban J connectivity index is 2.05. The van der Waals surface area contributed by atoms with Crippen LogP contribution in [0, 0.1) is 5.41 Å². The largest absolute Gasteiger partial charge is 0.392 e. The van der Waals surface area contributed by atoms with Crippen molar-refractivity contribution in [2.75, 3.05) is 0 Å². The molecule has 0 aliphatic carbocycles. The molecule has 1 aromatic carbocycles. The number of aliphatic hydroxyl groups is 1. The molecule has 20 heavy (non-hydrogen) atoms. The third-order valence-electron chi connectivity index (χ3n) is 3.18. The van der Waals surface area contributed by atoms with Crippen molar-refractivity contribution in [1.29, 1.82) is 0 Å². The maximum atomic E-state index is 10.0. The second-order valence-electron chi connectivity index (χ2n) is 5.96. The van der Waals surface area contributed by atoms with Crippen LogP contribution in [0.15, 0.2) is 33.3 Å². The average Bonchev–Trinajstić information content (AvgIpc) is 2.78. The number of aromatic nitrogens is 2. The van der Waals surface area contributed by atoms with Crippen molar-refractivity contribution in [2.24, 2.45) is 5.41 Å². The van der Waals surface area contributed by atoms with Gasteiger partial charge in [-0.15, -0.1) is 0 Å². The van der Waals surface area contributed by atoms with Crippen LogP contribution < -0.4 is 0 Å². The molecule has 5 heteroatoms. The van der Waals surface area contributed by atoms with Crippen molar-refractivity contribution in [1.82, 2.24) is 10.1 Å². The maximum absolute atomic E-state index is 10.0. The third-order valence-corrected chi connectivity index (χ3v) is 3.96. The van der Waals surface area contributed by atoms with E-state index in [1.165, 1.54) is 0 Å². The maximum Gasteiger partial charge on any atom is 0.229 e. The highest BCUT2D eigenvalue weighted by molar-refractivity contribution is 9.10. The lowest BCUT2D eigenvalue weighted by atomic mass is 9.87. The summed E-state index contributed by atoms with van der Waals surface area (Å²) >= 11 is 3.50. The molecule has 4 nitrogen and oxygen atoms in total. The van der Waals surface area contributed by atoms with E-state index in [-0.39, 0.29) is 5.41 Å². The summed E-state index contributed by atoms with van der Waals surface area (Å²) in [7, 11) is 0. The molecule has 0 amide bonds. The van der Waals surface area contributed by atoms with E-state index in [1.54, 1.807) is 0 Å². The summed E-state index contributed by atoms with van der Waals surface area (Å²) in [5.74, 6) is 1.11. The fourth-order valence-electron chi connectivity index (χ4n) is 1.73. The van der Waals surface area contributed by atoms with E-state index >= 15 is 0 Å². The number of halogens is 1. The average molecular weight is 339 g/mol. The smallest absolute Gasteiger partial charge is 0.229 e. The Hall–Kier alpha value is -1.20. The molecule has 2 rings (SSSR count). The summed E-state index contributed by atoms with van der Waals surface area (Å²) in [6.45, 7) is 5.95. The molecule has 1 heterocycles. The van der Waals surface area contributed by atoms with Gasteiger partial charge in [0.25, 0.3) is 0 Å². The molecule has 1 N–H and O–H groups in total. The first-order valence-corrected chi connectivity index (χ1v) is 7.38. The third kappa shape index (κ3) is 3.90. The van der Waals surface area contributed by atoms with Gasteiger partial charge in [-0.2, -0.15) is 4.98 Å². The van der Waals surface area contributed by atoms with Gasteiger partial charge in [0.2, 0.25) is 5.89 Å². The Morgan fingerprint density at radius 2 is 2.00 bits per heavy atom. The molecule has 0 fully saturated rings. The number of aliphatic hydroxyl groups excluding tert-OH is 1. The molecule has 2 aromatic rings. The summed E-state index contributed by atoms with van der Waals surface area (Å²) in [6.07, 6.45) is 0.488. The van der Waals surface area contributed by atoms with Gasteiger partial charge in [0.1, 0.15) is 0 Å². The molecule has 0 bridgehead atoms. The van der Waals surface area contributed by atoms with E-state index in [4.69, 9.17) is 4.52 Å². The zero-order valence-corrected chi connectivity index (χ0v) is 13.5. The van der Waals surface area contributed by atoms with Gasteiger partial charge >= 0.3 is 0 Å². The molecule has 0 aliphatic heterocycles. The minimum atomic E-state index is -0.501. The van der Waals surface area contributed by atoms with Crippen LogP contribution in [0.2, 0.25) is 0 Å². The van der Waals surface area contributed by atoms with Gasteiger partial charge in [-0.25, -0.2) is 0 Å². The van der Waals surface area contributed by atoms with Crippen molar-refractivity contribution < 1.29 is 9.63 Å². The van der Waals surface area contributed by atoms with E-state index in [9.17, 15) is 5.11 Å². The van der Waals surface area contributed by atoms with Crippen LogP contribution in [-0.4, -0.2) is 21.4 Å². The van der Waals surface area contributed by atoms with Crippen molar-refractivity contribution in [3.05, 3.63) is 46.0 Å². The van der Waals surface area contributed by atoms with Gasteiger partial charge in [0.15, 0.2) is 5.82 Å². The summed E-state index contributed by atoms with van der Waals surface area (Å²) < 4.78 is 6.23. The molecular weight excluding hydrogens is 320 g/mol. The van der Waals surface area contributed by atoms with Crippen molar-refractivity contribution >= 4 is 15.9 Å². The Morgan fingerprint density at radius 1 is 1.30 bits per heavy atom. The minimum Gasteiger partial charge on any atom is -0.392 e. The van der Waals surface area contributed by atoms with Crippen LogP contribution in [0.5, 0.6) is 0 Å². The van der Waals surface area contributed by atoms with Gasteiger partial charge in [-0.05, 0) is 17.0 Å². The van der Waals surface area contributed by atoms with E-state index in [2.05, 4.69) is 26.1 Å². The molecule has 0 spiro atoms. The zero-order chi connectivity index (χ0) is 14.8. The van der Waals surface area contributed by atoms with Gasteiger partial charge in [-0.3, -0.25) is 0 Å². The topological polar surface area (TPSA) is 59.2 Å². The van der Waals surface area contributed by atoms with Gasteiger partial charge < -0.3 is 9.63 Å². The lowest BCUT2D eigenvalue weighted by Crippen LogP contribution is -2.28. The summed E-state index contributed by atoms with van der Waals surface area (Å²) in [5.41, 5.74) is 0.910. The van der Waals surface area contributed by atoms with Crippen LogP contribution in [-0.2, 0) is 12.8 Å². The Kier molecular flexibility index (Phi) is 4.60. The predicted octanol–water partition coefficient (Wildman–Crippen LogP) is 3.37. The molecule has 0 aliphatic rings. The molecule has 0 saturated heterocycles. The lowest BCUT2D eigenvalue weighted by Gasteiger charge is -2.24. The molecule has 0 saturated carbocycles. The van der Waals surface area contributed by atoms with Crippen LogP contribution in [0.25, 0.3) is 0 Å². The second-order valence-corrected chi connectivity index (χ2v) is 6.81. The molecule has 1 unspecified atom stereocenters. The summed E-state index contributed by atoms with van der Waals surface area (Å²) in [5, 5.41) is 14.0. The SMILES string of the molecule is CC(C)(C)C(O)Cc1nc(Cc2ccccc2Br)no1. The fraction of sp³-hybridized carbons (Fsp3) is 0.467. The Bertz CT molecular complexity index is 575. The molecule has 108 valence electrons. The van der Waals surface area contributed by atoms with E-state index in [0.717, 1.165) is 10.0 Å². The van der Waals surface area contributed by atoms with Crippen LogP contribution >= 0.6 is 15.9 Å². The number of benzene rings is 1. The van der Waals surface area contributed by atoms with E-state index in [1.807, 2.05) is 45.0 Å². The number of hydrogen-bond acceptors (Lipinski definition) is 4. The summed E-state index contributed by atoms with van der Waals surface area (Å²) in [4.78, 5) is 4.34. The molecule has 0 radical (unpaired) electrons. The highest BCUT2D eigenvalue weighted by Gasteiger charge is 2.24. The Labute approximate surface area is 127 Å². The monoisotopic (exact) mass is 338 g/mol.